The van der Waals surface area contributed by atoms with Crippen LogP contribution >= 0.6 is 0 Å². The molecule has 0 fully saturated rings. The standard InChI is InChI=1S/C18H32O2.Ca.2H/c1-2-3-4-5-6-7-8-9-10-11-12-13-14-15-16-17-18(19)20;;;/h6-7,9-10H,2-5,8,11-17H2,1H3,(H,19,20);;;/q;+2;2*-1/b7-6-,10-9-;;;. The van der Waals surface area contributed by atoms with Crippen LogP contribution in [0.25, 0.3) is 0 Å². The molecule has 0 heterocycles. The number of aliphatic carboxylic acids is 1. The maximum atomic E-state index is 10.3. The molecule has 120 valence electrons. The minimum atomic E-state index is -0.671. The first-order valence-corrected chi connectivity index (χ1v) is 8.29. The van der Waals surface area contributed by atoms with Crippen molar-refractivity contribution in [3.05, 3.63) is 24.3 Å². The molecule has 0 bridgehead atoms. The molecule has 21 heavy (non-hydrogen) atoms. The second kappa shape index (κ2) is 20.2. The molecule has 1 N–H and O–H groups in total. The Labute approximate surface area is 164 Å². The summed E-state index contributed by atoms with van der Waals surface area (Å²) in [5.74, 6) is -0.671. The minimum Gasteiger partial charge on any atom is -1.00 e. The average molecular weight is 323 g/mol. The molecule has 2 nitrogen and oxygen atoms in total. The Kier molecular flexibility index (Phi) is 22.6. The van der Waals surface area contributed by atoms with Gasteiger partial charge >= 0.3 is 43.7 Å². The molecule has 0 aromatic rings. The van der Waals surface area contributed by atoms with E-state index in [1.807, 2.05) is 0 Å². The Morgan fingerprint density at radius 3 is 1.95 bits per heavy atom. The number of hydrogen-bond acceptors (Lipinski definition) is 1. The molecule has 0 radical (unpaired) electrons. The van der Waals surface area contributed by atoms with Crippen molar-refractivity contribution in [2.24, 2.45) is 0 Å². The van der Waals surface area contributed by atoms with E-state index >= 15 is 0 Å². The summed E-state index contributed by atoms with van der Waals surface area (Å²) in [6.07, 6.45) is 22.3. The Morgan fingerprint density at radius 2 is 1.38 bits per heavy atom. The van der Waals surface area contributed by atoms with E-state index in [1.165, 1.54) is 44.9 Å². The molecule has 0 aliphatic carbocycles. The number of hydrogen-bond donors (Lipinski definition) is 1. The molecule has 0 unspecified atom stereocenters. The summed E-state index contributed by atoms with van der Waals surface area (Å²) >= 11 is 0. The van der Waals surface area contributed by atoms with E-state index in [0.29, 0.717) is 6.42 Å². The molecule has 0 atom stereocenters. The second-order valence-corrected chi connectivity index (χ2v) is 5.37. The Balaban J connectivity index is -0.000000602. The molecule has 0 saturated heterocycles. The summed E-state index contributed by atoms with van der Waals surface area (Å²) in [4.78, 5) is 10.3. The van der Waals surface area contributed by atoms with E-state index in [0.717, 1.165) is 25.7 Å². The summed E-state index contributed by atoms with van der Waals surface area (Å²) in [6, 6.07) is 0. The fraction of sp³-hybridized carbons (Fsp3) is 0.722. The van der Waals surface area contributed by atoms with Crippen molar-refractivity contribution >= 4 is 43.7 Å². The first-order chi connectivity index (χ1) is 9.77. The van der Waals surface area contributed by atoms with Crippen molar-refractivity contribution in [3.8, 4) is 0 Å². The van der Waals surface area contributed by atoms with E-state index in [9.17, 15) is 4.79 Å². The van der Waals surface area contributed by atoms with E-state index in [-0.39, 0.29) is 40.6 Å². The number of carboxylic acid groups (broad SMARTS) is 1. The minimum absolute atomic E-state index is 0. The van der Waals surface area contributed by atoms with Crippen LogP contribution in [0.3, 0.4) is 0 Å². The van der Waals surface area contributed by atoms with E-state index in [2.05, 4.69) is 31.2 Å². The van der Waals surface area contributed by atoms with Gasteiger partial charge in [-0.1, -0.05) is 63.3 Å². The van der Waals surface area contributed by atoms with Gasteiger partial charge in [0.05, 0.1) is 0 Å². The van der Waals surface area contributed by atoms with Crippen molar-refractivity contribution in [2.75, 3.05) is 0 Å². The van der Waals surface area contributed by atoms with E-state index < -0.39 is 5.97 Å². The van der Waals surface area contributed by atoms with Crippen LogP contribution < -0.4 is 0 Å². The monoisotopic (exact) mass is 322 g/mol. The first-order valence-electron chi connectivity index (χ1n) is 8.29. The first kappa shape index (κ1) is 23.5. The molecule has 0 spiro atoms. The number of carbonyl (C=O) groups is 1. The third-order valence-electron chi connectivity index (χ3n) is 3.34. The van der Waals surface area contributed by atoms with Gasteiger partial charge in [0.2, 0.25) is 0 Å². The summed E-state index contributed by atoms with van der Waals surface area (Å²) in [5.41, 5.74) is 0. The van der Waals surface area contributed by atoms with Gasteiger partial charge < -0.3 is 7.96 Å². The van der Waals surface area contributed by atoms with Crippen molar-refractivity contribution in [1.29, 1.82) is 0 Å². The smallest absolute Gasteiger partial charge is 1.00 e. The van der Waals surface area contributed by atoms with Crippen molar-refractivity contribution in [1.82, 2.24) is 0 Å². The largest absolute Gasteiger partial charge is 2.00 e. The SMILES string of the molecule is CCCCC/C=C\C/C=C\CCCCCCCC(=O)O.[Ca+2].[H-].[H-]. The second-order valence-electron chi connectivity index (χ2n) is 5.37. The van der Waals surface area contributed by atoms with Gasteiger partial charge in [-0.15, -0.1) is 0 Å². The average Bonchev–Trinajstić information content (AvgIpc) is 2.43. The maximum absolute atomic E-state index is 10.3. The summed E-state index contributed by atoms with van der Waals surface area (Å²) in [5, 5.41) is 8.50. The predicted molar refractivity (Wildman–Crippen MR) is 95.0 cm³/mol. The molecule has 0 aromatic carbocycles. The van der Waals surface area contributed by atoms with Crippen LogP contribution in [-0.4, -0.2) is 48.8 Å². The van der Waals surface area contributed by atoms with Crippen LogP contribution in [-0.2, 0) is 4.79 Å². The number of allylic oxidation sites excluding steroid dienone is 4. The van der Waals surface area contributed by atoms with E-state index in [1.54, 1.807) is 0 Å². The normalized spacial score (nSPS) is 11.1. The van der Waals surface area contributed by atoms with Crippen LogP contribution in [0.4, 0.5) is 0 Å². The molecule has 0 aromatic heterocycles. The van der Waals surface area contributed by atoms with Crippen molar-refractivity contribution in [2.45, 2.75) is 84.0 Å². The zero-order valence-electron chi connectivity index (χ0n) is 15.9. The summed E-state index contributed by atoms with van der Waals surface area (Å²) in [6.45, 7) is 2.23. The summed E-state index contributed by atoms with van der Waals surface area (Å²) < 4.78 is 0. The zero-order valence-corrected chi connectivity index (χ0v) is 16.1. The third-order valence-corrected chi connectivity index (χ3v) is 3.34. The number of rotatable bonds is 14. The van der Waals surface area contributed by atoms with Gasteiger partial charge in [0.1, 0.15) is 0 Å². The summed E-state index contributed by atoms with van der Waals surface area (Å²) in [7, 11) is 0. The molecule has 3 heteroatoms. The van der Waals surface area contributed by atoms with Crippen LogP contribution in [0.5, 0.6) is 0 Å². The Morgan fingerprint density at radius 1 is 0.857 bits per heavy atom. The maximum Gasteiger partial charge on any atom is 2.00 e. The third kappa shape index (κ3) is 22.6. The molecule has 0 amide bonds. The molecular formula is C18H34CaO2. The molecule has 0 aliphatic heterocycles. The molecule has 0 rings (SSSR count). The molecule has 0 saturated carbocycles. The van der Waals surface area contributed by atoms with Gasteiger partial charge in [0, 0.05) is 6.42 Å². The van der Waals surface area contributed by atoms with E-state index in [4.69, 9.17) is 5.11 Å². The quantitative estimate of drug-likeness (QED) is 0.252. The predicted octanol–water partition coefficient (Wildman–Crippen LogP) is 5.73. The zero-order chi connectivity index (χ0) is 14.9. The molecule has 0 aliphatic rings. The fourth-order valence-electron chi connectivity index (χ4n) is 2.09. The fourth-order valence-corrected chi connectivity index (χ4v) is 2.09. The van der Waals surface area contributed by atoms with Gasteiger partial charge in [-0.2, -0.15) is 0 Å². The van der Waals surface area contributed by atoms with Gasteiger partial charge in [-0.3, -0.25) is 4.79 Å². The van der Waals surface area contributed by atoms with Crippen LogP contribution in [0.2, 0.25) is 0 Å². The van der Waals surface area contributed by atoms with Crippen LogP contribution in [0, 0.1) is 0 Å². The Bertz CT molecular complexity index is 282. The van der Waals surface area contributed by atoms with Gasteiger partial charge in [0.15, 0.2) is 0 Å². The van der Waals surface area contributed by atoms with Gasteiger partial charge in [-0.25, -0.2) is 0 Å². The van der Waals surface area contributed by atoms with Crippen molar-refractivity contribution in [3.63, 3.8) is 0 Å². The molecular weight excluding hydrogens is 288 g/mol. The van der Waals surface area contributed by atoms with Crippen molar-refractivity contribution < 1.29 is 12.8 Å². The number of unbranched alkanes of at least 4 members (excludes halogenated alkanes) is 8. The topological polar surface area (TPSA) is 37.3 Å². The number of carboxylic acids is 1. The van der Waals surface area contributed by atoms with Gasteiger partial charge in [0.25, 0.3) is 0 Å². The van der Waals surface area contributed by atoms with Gasteiger partial charge in [-0.05, 0) is 38.5 Å². The Hall–Kier alpha value is 0.210. The van der Waals surface area contributed by atoms with Crippen LogP contribution in [0.15, 0.2) is 24.3 Å². The van der Waals surface area contributed by atoms with Crippen LogP contribution in [0.1, 0.15) is 86.8 Å².